The van der Waals surface area contributed by atoms with Crippen molar-refractivity contribution in [3.05, 3.63) is 23.9 Å². The van der Waals surface area contributed by atoms with Crippen molar-refractivity contribution in [1.29, 1.82) is 0 Å². The highest BCUT2D eigenvalue weighted by atomic mass is 16.3. The fraction of sp³-hybridized carbons (Fsp3) is 0.545. The van der Waals surface area contributed by atoms with E-state index in [1.165, 1.54) is 12.8 Å². The zero-order chi connectivity index (χ0) is 9.97. The Kier molecular flexibility index (Phi) is 2.68. The minimum atomic E-state index is -0.431. The van der Waals surface area contributed by atoms with Gasteiger partial charge in [0.2, 0.25) is 0 Å². The zero-order valence-corrected chi connectivity index (χ0v) is 8.48. The van der Waals surface area contributed by atoms with E-state index >= 15 is 0 Å². The third kappa shape index (κ3) is 1.73. The number of hydrogen-bond donors (Lipinski definition) is 1. The molecule has 14 heavy (non-hydrogen) atoms. The van der Waals surface area contributed by atoms with Gasteiger partial charge in [0.05, 0.1) is 6.10 Å². The Bertz CT molecular complexity index is 306. The molecule has 0 saturated carbocycles. The Morgan fingerprint density at radius 3 is 2.79 bits per heavy atom. The average Bonchev–Trinajstić information content (AvgIpc) is 2.70. The molecule has 0 radical (unpaired) electrons. The molecule has 2 heterocycles. The third-order valence-corrected chi connectivity index (χ3v) is 2.67. The summed E-state index contributed by atoms with van der Waals surface area (Å²) in [6, 6.07) is 3.83. The topological polar surface area (TPSA) is 36.4 Å². The third-order valence-electron chi connectivity index (χ3n) is 2.67. The molecule has 0 aliphatic carbocycles. The highest BCUT2D eigenvalue weighted by Crippen LogP contribution is 2.26. The molecule has 1 fully saturated rings. The van der Waals surface area contributed by atoms with Crippen LogP contribution in [0.4, 0.5) is 5.82 Å². The number of pyridine rings is 1. The Hall–Kier alpha value is -1.09. The lowest BCUT2D eigenvalue weighted by atomic mass is 10.1. The summed E-state index contributed by atoms with van der Waals surface area (Å²) in [5.74, 6) is 0.958. The second kappa shape index (κ2) is 3.96. The molecule has 3 nitrogen and oxygen atoms in total. The first-order valence-electron chi connectivity index (χ1n) is 5.17. The van der Waals surface area contributed by atoms with E-state index in [1.807, 2.05) is 12.1 Å². The van der Waals surface area contributed by atoms with Crippen LogP contribution in [0.1, 0.15) is 31.4 Å². The largest absolute Gasteiger partial charge is 0.389 e. The summed E-state index contributed by atoms with van der Waals surface area (Å²) < 4.78 is 0. The summed E-state index contributed by atoms with van der Waals surface area (Å²) in [6.07, 6.45) is 3.82. The molecule has 76 valence electrons. The molecule has 3 heteroatoms. The number of hydrogen-bond acceptors (Lipinski definition) is 3. The molecule has 1 N–H and O–H groups in total. The SMILES string of the molecule is CC(O)c1cccnc1N1CCCC1. The van der Waals surface area contributed by atoms with Crippen LogP contribution in [0.15, 0.2) is 18.3 Å². The molecule has 1 aromatic rings. The van der Waals surface area contributed by atoms with Crippen molar-refractivity contribution in [2.75, 3.05) is 18.0 Å². The number of nitrogens with zero attached hydrogens (tertiary/aromatic N) is 2. The van der Waals surface area contributed by atoms with E-state index in [4.69, 9.17) is 0 Å². The van der Waals surface area contributed by atoms with Crippen LogP contribution in [0.3, 0.4) is 0 Å². The first-order chi connectivity index (χ1) is 6.79. The van der Waals surface area contributed by atoms with Crippen molar-refractivity contribution < 1.29 is 5.11 Å². The van der Waals surface area contributed by atoms with E-state index < -0.39 is 6.10 Å². The van der Waals surface area contributed by atoms with E-state index in [9.17, 15) is 5.11 Å². The molecule has 0 spiro atoms. The van der Waals surface area contributed by atoms with Gasteiger partial charge in [-0.1, -0.05) is 6.07 Å². The van der Waals surface area contributed by atoms with Crippen LogP contribution in [0.2, 0.25) is 0 Å². The Morgan fingerprint density at radius 2 is 2.14 bits per heavy atom. The maximum atomic E-state index is 9.60. The zero-order valence-electron chi connectivity index (χ0n) is 8.48. The van der Waals surface area contributed by atoms with Crippen LogP contribution in [0.5, 0.6) is 0 Å². The minimum Gasteiger partial charge on any atom is -0.389 e. The maximum Gasteiger partial charge on any atom is 0.134 e. The van der Waals surface area contributed by atoms with Crippen molar-refractivity contribution in [2.45, 2.75) is 25.9 Å². The Morgan fingerprint density at radius 1 is 1.43 bits per heavy atom. The molecule has 1 saturated heterocycles. The molecule has 1 unspecified atom stereocenters. The van der Waals surface area contributed by atoms with Gasteiger partial charge in [-0.2, -0.15) is 0 Å². The van der Waals surface area contributed by atoms with E-state index in [2.05, 4.69) is 9.88 Å². The normalized spacial score (nSPS) is 18.6. The molecule has 0 bridgehead atoms. The van der Waals surface area contributed by atoms with Gasteiger partial charge < -0.3 is 10.0 Å². The van der Waals surface area contributed by atoms with Crippen LogP contribution in [0.25, 0.3) is 0 Å². The monoisotopic (exact) mass is 192 g/mol. The second-order valence-electron chi connectivity index (χ2n) is 3.79. The van der Waals surface area contributed by atoms with Gasteiger partial charge >= 0.3 is 0 Å². The number of aliphatic hydroxyl groups excluding tert-OH is 1. The molecular weight excluding hydrogens is 176 g/mol. The fourth-order valence-corrected chi connectivity index (χ4v) is 1.93. The van der Waals surface area contributed by atoms with Gasteiger partial charge in [0.25, 0.3) is 0 Å². The molecule has 1 atom stereocenters. The number of anilines is 1. The quantitative estimate of drug-likeness (QED) is 0.775. The van der Waals surface area contributed by atoms with Crippen molar-refractivity contribution in [1.82, 2.24) is 4.98 Å². The van der Waals surface area contributed by atoms with E-state index in [1.54, 1.807) is 13.1 Å². The molecule has 0 amide bonds. The van der Waals surface area contributed by atoms with Gasteiger partial charge in [-0.25, -0.2) is 4.98 Å². The van der Waals surface area contributed by atoms with Gasteiger partial charge in [-0.3, -0.25) is 0 Å². The predicted octanol–water partition coefficient (Wildman–Crippen LogP) is 1.74. The van der Waals surface area contributed by atoms with Crippen LogP contribution < -0.4 is 4.90 Å². The van der Waals surface area contributed by atoms with Crippen molar-refractivity contribution >= 4 is 5.82 Å². The molecule has 1 aliphatic heterocycles. The molecule has 1 aromatic heterocycles. The van der Waals surface area contributed by atoms with Crippen molar-refractivity contribution in [3.63, 3.8) is 0 Å². The lowest BCUT2D eigenvalue weighted by molar-refractivity contribution is 0.199. The van der Waals surface area contributed by atoms with Gasteiger partial charge in [-0.15, -0.1) is 0 Å². The summed E-state index contributed by atoms with van der Waals surface area (Å²) in [4.78, 5) is 6.60. The van der Waals surface area contributed by atoms with Crippen molar-refractivity contribution in [3.8, 4) is 0 Å². The molecule has 0 aromatic carbocycles. The first-order valence-corrected chi connectivity index (χ1v) is 5.17. The van der Waals surface area contributed by atoms with E-state index in [0.29, 0.717) is 0 Å². The molecule has 2 rings (SSSR count). The van der Waals surface area contributed by atoms with Crippen molar-refractivity contribution in [2.24, 2.45) is 0 Å². The summed E-state index contributed by atoms with van der Waals surface area (Å²) >= 11 is 0. The standard InChI is InChI=1S/C11H16N2O/c1-9(14)10-5-4-6-12-11(10)13-7-2-3-8-13/h4-6,9,14H,2-3,7-8H2,1H3. The van der Waals surface area contributed by atoms with Gasteiger partial charge in [-0.05, 0) is 25.8 Å². The number of rotatable bonds is 2. The first kappa shape index (κ1) is 9.46. The summed E-state index contributed by atoms with van der Waals surface area (Å²) in [5, 5.41) is 9.60. The maximum absolute atomic E-state index is 9.60. The minimum absolute atomic E-state index is 0.431. The lowest BCUT2D eigenvalue weighted by Gasteiger charge is -2.20. The van der Waals surface area contributed by atoms with Gasteiger partial charge in [0.15, 0.2) is 0 Å². The van der Waals surface area contributed by atoms with E-state index in [-0.39, 0.29) is 0 Å². The average molecular weight is 192 g/mol. The second-order valence-corrected chi connectivity index (χ2v) is 3.79. The van der Waals surface area contributed by atoms with Crippen LogP contribution >= 0.6 is 0 Å². The highest BCUT2D eigenvalue weighted by Gasteiger charge is 2.18. The fourth-order valence-electron chi connectivity index (χ4n) is 1.93. The number of aliphatic hydroxyl groups is 1. The summed E-state index contributed by atoms with van der Waals surface area (Å²) in [6.45, 7) is 3.92. The summed E-state index contributed by atoms with van der Waals surface area (Å²) in [7, 11) is 0. The van der Waals surface area contributed by atoms with Gasteiger partial charge in [0, 0.05) is 24.8 Å². The van der Waals surface area contributed by atoms with Gasteiger partial charge in [0.1, 0.15) is 5.82 Å². The smallest absolute Gasteiger partial charge is 0.134 e. The molecule has 1 aliphatic rings. The van der Waals surface area contributed by atoms with Crippen LogP contribution in [-0.4, -0.2) is 23.2 Å². The van der Waals surface area contributed by atoms with Crippen LogP contribution in [-0.2, 0) is 0 Å². The lowest BCUT2D eigenvalue weighted by Crippen LogP contribution is -2.21. The highest BCUT2D eigenvalue weighted by molar-refractivity contribution is 5.48. The Balaban J connectivity index is 2.30. The molecular formula is C11H16N2O. The van der Waals surface area contributed by atoms with E-state index in [0.717, 1.165) is 24.5 Å². The Labute approximate surface area is 84.4 Å². The number of aromatic nitrogens is 1. The predicted molar refractivity (Wildman–Crippen MR) is 56.3 cm³/mol. The summed E-state index contributed by atoms with van der Waals surface area (Å²) in [5.41, 5.74) is 0.939. The van der Waals surface area contributed by atoms with Crippen LogP contribution in [0, 0.1) is 0 Å².